The van der Waals surface area contributed by atoms with Gasteiger partial charge in [0.25, 0.3) is 0 Å². The van der Waals surface area contributed by atoms with Crippen LogP contribution in [0.25, 0.3) is 5.69 Å². The third-order valence-corrected chi connectivity index (χ3v) is 2.48. The number of carbonyl (C=O) groups is 1. The van der Waals surface area contributed by atoms with Gasteiger partial charge in [-0.2, -0.15) is 5.26 Å². The molecule has 2 aromatic rings. The number of benzene rings is 1. The normalized spacial score (nSPS) is 9.89. The first-order chi connectivity index (χ1) is 9.15. The molecule has 0 atom stereocenters. The van der Waals surface area contributed by atoms with Gasteiger partial charge in [0.1, 0.15) is 18.1 Å². The van der Waals surface area contributed by atoms with E-state index >= 15 is 0 Å². The van der Waals surface area contributed by atoms with E-state index in [0.29, 0.717) is 23.6 Å². The van der Waals surface area contributed by atoms with E-state index < -0.39 is 5.97 Å². The average molecular weight is 257 g/mol. The van der Waals surface area contributed by atoms with Gasteiger partial charge in [0.15, 0.2) is 5.69 Å². The van der Waals surface area contributed by atoms with Gasteiger partial charge in [0.2, 0.25) is 0 Å². The van der Waals surface area contributed by atoms with Gasteiger partial charge in [-0.05, 0) is 25.1 Å². The molecule has 6 heteroatoms. The number of rotatable bonds is 4. The number of carboxylic acid groups (broad SMARTS) is 1. The summed E-state index contributed by atoms with van der Waals surface area (Å²) in [5, 5.41) is 17.9. The predicted molar refractivity (Wildman–Crippen MR) is 66.4 cm³/mol. The molecule has 0 amide bonds. The molecule has 0 aliphatic rings. The van der Waals surface area contributed by atoms with Crippen LogP contribution in [0.5, 0.6) is 5.75 Å². The van der Waals surface area contributed by atoms with E-state index in [1.54, 1.807) is 22.8 Å². The second-order valence-corrected chi connectivity index (χ2v) is 3.70. The van der Waals surface area contributed by atoms with E-state index in [-0.39, 0.29) is 5.69 Å². The van der Waals surface area contributed by atoms with Crippen LogP contribution < -0.4 is 4.74 Å². The van der Waals surface area contributed by atoms with Gasteiger partial charge in [0, 0.05) is 11.9 Å². The van der Waals surface area contributed by atoms with Crippen molar-refractivity contribution in [3.63, 3.8) is 0 Å². The van der Waals surface area contributed by atoms with Gasteiger partial charge in [-0.1, -0.05) is 0 Å². The summed E-state index contributed by atoms with van der Waals surface area (Å²) < 4.78 is 6.86. The Kier molecular flexibility index (Phi) is 3.48. The van der Waals surface area contributed by atoms with E-state index in [1.807, 2.05) is 13.0 Å². The van der Waals surface area contributed by atoms with Crippen LogP contribution in [-0.4, -0.2) is 27.2 Å². The maximum Gasteiger partial charge on any atom is 0.356 e. The lowest BCUT2D eigenvalue weighted by molar-refractivity contribution is 0.0691. The molecule has 1 heterocycles. The third-order valence-electron chi connectivity index (χ3n) is 2.48. The van der Waals surface area contributed by atoms with Crippen molar-refractivity contribution in [1.29, 1.82) is 5.26 Å². The number of nitrogens with zero attached hydrogens (tertiary/aromatic N) is 3. The number of aromatic carboxylic acids is 1. The highest BCUT2D eigenvalue weighted by Crippen LogP contribution is 2.21. The SMILES string of the molecule is CCOc1ccc(-n2cnc(C(=O)O)c2)cc1C#N. The highest BCUT2D eigenvalue weighted by Gasteiger charge is 2.09. The van der Waals surface area contributed by atoms with Crippen molar-refractivity contribution in [2.45, 2.75) is 6.92 Å². The Morgan fingerprint density at radius 1 is 1.58 bits per heavy atom. The molecular formula is C13H11N3O3. The van der Waals surface area contributed by atoms with Gasteiger partial charge in [-0.3, -0.25) is 0 Å². The van der Waals surface area contributed by atoms with Crippen LogP contribution in [0, 0.1) is 11.3 Å². The Bertz CT molecular complexity index is 655. The Hall–Kier alpha value is -2.81. The van der Waals surface area contributed by atoms with Crippen LogP contribution >= 0.6 is 0 Å². The molecule has 0 saturated heterocycles. The van der Waals surface area contributed by atoms with Crippen LogP contribution in [0.15, 0.2) is 30.7 Å². The molecule has 19 heavy (non-hydrogen) atoms. The minimum Gasteiger partial charge on any atom is -0.492 e. The molecule has 1 aromatic carbocycles. The summed E-state index contributed by atoms with van der Waals surface area (Å²) in [6.07, 6.45) is 2.78. The molecule has 2 rings (SSSR count). The molecule has 1 N–H and O–H groups in total. The maximum atomic E-state index is 10.8. The second-order valence-electron chi connectivity index (χ2n) is 3.70. The minimum atomic E-state index is -1.09. The predicted octanol–water partition coefficient (Wildman–Crippen LogP) is 1.84. The van der Waals surface area contributed by atoms with Crippen molar-refractivity contribution in [2.75, 3.05) is 6.61 Å². The van der Waals surface area contributed by atoms with Crippen molar-refractivity contribution < 1.29 is 14.6 Å². The Labute approximate surface area is 109 Å². The first-order valence-electron chi connectivity index (χ1n) is 5.60. The Balaban J connectivity index is 2.40. The minimum absolute atomic E-state index is 0.0487. The molecule has 0 bridgehead atoms. The summed E-state index contributed by atoms with van der Waals surface area (Å²) in [4.78, 5) is 14.5. The van der Waals surface area contributed by atoms with E-state index in [1.165, 1.54) is 12.5 Å². The fraction of sp³-hybridized carbons (Fsp3) is 0.154. The molecule has 6 nitrogen and oxygen atoms in total. The standard InChI is InChI=1S/C13H11N3O3/c1-2-19-12-4-3-10(5-9(12)6-14)16-7-11(13(17)18)15-8-16/h3-5,7-8H,2H2,1H3,(H,17,18). The van der Waals surface area contributed by atoms with Gasteiger partial charge in [-0.15, -0.1) is 0 Å². The third kappa shape index (κ3) is 2.55. The van der Waals surface area contributed by atoms with Crippen LogP contribution in [-0.2, 0) is 0 Å². The largest absolute Gasteiger partial charge is 0.492 e. The van der Waals surface area contributed by atoms with Crippen LogP contribution in [0.2, 0.25) is 0 Å². The number of imidazole rings is 1. The van der Waals surface area contributed by atoms with Crippen molar-refractivity contribution in [3.8, 4) is 17.5 Å². The van der Waals surface area contributed by atoms with Crippen LogP contribution in [0.4, 0.5) is 0 Å². The first kappa shape index (κ1) is 12.6. The summed E-state index contributed by atoms with van der Waals surface area (Å²) in [5.41, 5.74) is 0.998. The molecule has 0 unspecified atom stereocenters. The van der Waals surface area contributed by atoms with Gasteiger partial charge < -0.3 is 14.4 Å². The van der Waals surface area contributed by atoms with Crippen LogP contribution in [0.3, 0.4) is 0 Å². The molecule has 0 aliphatic carbocycles. The summed E-state index contributed by atoms with van der Waals surface area (Å²) in [5.74, 6) is -0.586. The Morgan fingerprint density at radius 2 is 2.37 bits per heavy atom. The number of hydrogen-bond donors (Lipinski definition) is 1. The van der Waals surface area contributed by atoms with Crippen molar-refractivity contribution in [1.82, 2.24) is 9.55 Å². The fourth-order valence-corrected chi connectivity index (χ4v) is 1.62. The highest BCUT2D eigenvalue weighted by molar-refractivity contribution is 5.85. The number of nitriles is 1. The quantitative estimate of drug-likeness (QED) is 0.902. The first-order valence-corrected chi connectivity index (χ1v) is 5.60. The summed E-state index contributed by atoms with van der Waals surface area (Å²) in [7, 11) is 0. The lowest BCUT2D eigenvalue weighted by Crippen LogP contribution is -1.98. The monoisotopic (exact) mass is 257 g/mol. The highest BCUT2D eigenvalue weighted by atomic mass is 16.5. The van der Waals surface area contributed by atoms with E-state index in [4.69, 9.17) is 15.1 Å². The number of ether oxygens (including phenoxy) is 1. The molecule has 0 radical (unpaired) electrons. The zero-order valence-corrected chi connectivity index (χ0v) is 10.2. The van der Waals surface area contributed by atoms with Crippen LogP contribution in [0.1, 0.15) is 23.0 Å². The van der Waals surface area contributed by atoms with Crippen molar-refractivity contribution >= 4 is 5.97 Å². The lowest BCUT2D eigenvalue weighted by Gasteiger charge is -2.07. The zero-order chi connectivity index (χ0) is 13.8. The molecule has 1 aromatic heterocycles. The molecule has 0 aliphatic heterocycles. The Morgan fingerprint density at radius 3 is 2.95 bits per heavy atom. The second kappa shape index (κ2) is 5.23. The lowest BCUT2D eigenvalue weighted by atomic mass is 10.2. The summed E-state index contributed by atoms with van der Waals surface area (Å²) in [6, 6.07) is 7.08. The topological polar surface area (TPSA) is 88.1 Å². The number of aromatic nitrogens is 2. The fourth-order valence-electron chi connectivity index (χ4n) is 1.62. The van der Waals surface area contributed by atoms with E-state index in [0.717, 1.165) is 0 Å². The van der Waals surface area contributed by atoms with E-state index in [9.17, 15) is 4.79 Å². The van der Waals surface area contributed by atoms with Crippen molar-refractivity contribution in [2.24, 2.45) is 0 Å². The molecule has 96 valence electrons. The maximum absolute atomic E-state index is 10.8. The van der Waals surface area contributed by atoms with Gasteiger partial charge in [-0.25, -0.2) is 9.78 Å². The van der Waals surface area contributed by atoms with Crippen molar-refractivity contribution in [3.05, 3.63) is 42.0 Å². The average Bonchev–Trinajstić information content (AvgIpc) is 2.89. The van der Waals surface area contributed by atoms with Gasteiger partial charge >= 0.3 is 5.97 Å². The molecule has 0 fully saturated rings. The smallest absolute Gasteiger partial charge is 0.356 e. The molecule has 0 saturated carbocycles. The zero-order valence-electron chi connectivity index (χ0n) is 10.2. The summed E-state index contributed by atoms with van der Waals surface area (Å²) >= 11 is 0. The number of carboxylic acids is 1. The van der Waals surface area contributed by atoms with E-state index in [2.05, 4.69) is 4.98 Å². The molecular weight excluding hydrogens is 246 g/mol. The number of hydrogen-bond acceptors (Lipinski definition) is 4. The summed E-state index contributed by atoms with van der Waals surface area (Å²) in [6.45, 7) is 2.31. The molecule has 0 spiro atoms. The van der Waals surface area contributed by atoms with Gasteiger partial charge in [0.05, 0.1) is 12.2 Å².